The van der Waals surface area contributed by atoms with Crippen molar-refractivity contribution in [2.24, 2.45) is 0 Å². The Hall–Kier alpha value is -2.38. The van der Waals surface area contributed by atoms with E-state index in [0.717, 1.165) is 0 Å². The number of hydrogen-bond donors (Lipinski definition) is 0. The summed E-state index contributed by atoms with van der Waals surface area (Å²) in [5.41, 5.74) is 1.22. The molecule has 0 atom stereocenters. The van der Waals surface area contributed by atoms with Gasteiger partial charge in [-0.2, -0.15) is 4.57 Å². The summed E-state index contributed by atoms with van der Waals surface area (Å²) in [4.78, 5) is 0. The van der Waals surface area contributed by atoms with E-state index in [2.05, 4.69) is 83.7 Å². The maximum Gasteiger partial charge on any atom is 0.218 e. The van der Waals surface area contributed by atoms with Crippen molar-refractivity contribution in [3.05, 3.63) is 85.2 Å². The number of rotatable bonds is 1. The number of fused-ring (bicyclic) bond motifs is 2. The van der Waals surface area contributed by atoms with E-state index < -0.39 is 0 Å². The molecule has 0 fully saturated rings. The van der Waals surface area contributed by atoms with Gasteiger partial charge in [0.2, 0.25) is 5.69 Å². The number of hydrogen-bond acceptors (Lipinski definition) is 0. The van der Waals surface area contributed by atoms with E-state index in [-0.39, 0.29) is 12.4 Å². The average Bonchev–Trinajstić information content (AvgIpc) is 2.53. The number of aromatic nitrogens is 1. The molecule has 0 amide bonds. The molecular formula is C19H14ClN. The molecule has 4 aromatic rings. The molecular weight excluding hydrogens is 278 g/mol. The third kappa shape index (κ3) is 2.37. The summed E-state index contributed by atoms with van der Waals surface area (Å²) in [6, 6.07) is 25.7. The summed E-state index contributed by atoms with van der Waals surface area (Å²) in [5, 5.41) is 5.12. The third-order valence-corrected chi connectivity index (χ3v) is 3.72. The molecule has 0 aliphatic rings. The highest BCUT2D eigenvalue weighted by Crippen LogP contribution is 2.25. The van der Waals surface area contributed by atoms with Gasteiger partial charge in [0.1, 0.15) is 0 Å². The highest BCUT2D eigenvalue weighted by molar-refractivity contribution is 6.00. The van der Waals surface area contributed by atoms with Crippen LogP contribution in [0.4, 0.5) is 0 Å². The molecule has 0 bridgehead atoms. The van der Waals surface area contributed by atoms with Crippen LogP contribution in [0.2, 0.25) is 0 Å². The molecule has 0 unspecified atom stereocenters. The van der Waals surface area contributed by atoms with Gasteiger partial charge >= 0.3 is 0 Å². The van der Waals surface area contributed by atoms with Crippen LogP contribution in [0, 0.1) is 0 Å². The fraction of sp³-hybridized carbons (Fsp3) is 0. The normalized spacial score (nSPS) is 10.5. The summed E-state index contributed by atoms with van der Waals surface area (Å²) in [6.45, 7) is 0. The molecule has 2 heteroatoms. The summed E-state index contributed by atoms with van der Waals surface area (Å²) < 4.78 is 2.16. The lowest BCUT2D eigenvalue weighted by molar-refractivity contribution is -0.594. The number of pyridine rings is 1. The molecule has 0 saturated carbocycles. The number of nitrogens with zero attached hydrogens (tertiary/aromatic N) is 1. The van der Waals surface area contributed by atoms with Gasteiger partial charge in [-0.1, -0.05) is 42.5 Å². The summed E-state index contributed by atoms with van der Waals surface area (Å²) in [5.74, 6) is 0. The quantitative estimate of drug-likeness (QED) is 0.367. The lowest BCUT2D eigenvalue weighted by Crippen LogP contribution is -3.00. The van der Waals surface area contributed by atoms with Crippen molar-refractivity contribution < 1.29 is 17.0 Å². The lowest BCUT2D eigenvalue weighted by atomic mass is 10.0. The SMILES string of the molecule is [Cl-].c1cc[n+](-c2cccc3cc4ccccc4cc23)cc1. The van der Waals surface area contributed by atoms with Gasteiger partial charge in [0.05, 0.1) is 5.39 Å². The standard InChI is InChI=1S/C19H14N.ClH/c1-4-11-20(12-5-1)19-10-6-9-17-13-15-7-2-3-8-16(15)14-18(17)19;/h1-14H;1H/q+1;/p-1. The van der Waals surface area contributed by atoms with Crippen molar-refractivity contribution in [3.63, 3.8) is 0 Å². The van der Waals surface area contributed by atoms with E-state index in [1.165, 1.54) is 27.2 Å². The molecule has 0 radical (unpaired) electrons. The van der Waals surface area contributed by atoms with Gasteiger partial charge in [-0.25, -0.2) is 0 Å². The minimum Gasteiger partial charge on any atom is -1.00 e. The van der Waals surface area contributed by atoms with Crippen LogP contribution in [0.5, 0.6) is 0 Å². The van der Waals surface area contributed by atoms with E-state index in [1.54, 1.807) is 0 Å². The largest absolute Gasteiger partial charge is 1.00 e. The van der Waals surface area contributed by atoms with Crippen LogP contribution < -0.4 is 17.0 Å². The zero-order chi connectivity index (χ0) is 13.4. The Balaban J connectivity index is 0.00000132. The molecule has 0 spiro atoms. The van der Waals surface area contributed by atoms with Gasteiger partial charge in [-0.3, -0.25) is 0 Å². The van der Waals surface area contributed by atoms with Crippen molar-refractivity contribution in [1.29, 1.82) is 0 Å². The predicted octanol–water partition coefficient (Wildman–Crippen LogP) is 1.27. The predicted molar refractivity (Wildman–Crippen MR) is 83.0 cm³/mol. The molecule has 21 heavy (non-hydrogen) atoms. The van der Waals surface area contributed by atoms with Crippen LogP contribution in [0.1, 0.15) is 0 Å². The van der Waals surface area contributed by atoms with Crippen molar-refractivity contribution in [3.8, 4) is 5.69 Å². The first-order valence-electron chi connectivity index (χ1n) is 6.80. The molecule has 1 nitrogen and oxygen atoms in total. The third-order valence-electron chi connectivity index (χ3n) is 3.72. The molecule has 0 N–H and O–H groups in total. The van der Waals surface area contributed by atoms with Crippen LogP contribution in [-0.4, -0.2) is 0 Å². The van der Waals surface area contributed by atoms with Gasteiger partial charge in [0.15, 0.2) is 12.4 Å². The first kappa shape index (κ1) is 13.6. The van der Waals surface area contributed by atoms with Crippen molar-refractivity contribution in [2.45, 2.75) is 0 Å². The second kappa shape index (κ2) is 5.55. The Morgan fingerprint density at radius 1 is 0.571 bits per heavy atom. The second-order valence-corrected chi connectivity index (χ2v) is 4.98. The monoisotopic (exact) mass is 291 g/mol. The Morgan fingerprint density at radius 3 is 2.00 bits per heavy atom. The van der Waals surface area contributed by atoms with Crippen LogP contribution in [0.15, 0.2) is 85.2 Å². The van der Waals surface area contributed by atoms with Gasteiger partial charge in [0, 0.05) is 18.2 Å². The molecule has 1 aromatic heterocycles. The van der Waals surface area contributed by atoms with Gasteiger partial charge in [0.25, 0.3) is 0 Å². The second-order valence-electron chi connectivity index (χ2n) is 4.98. The Morgan fingerprint density at radius 2 is 1.24 bits per heavy atom. The van der Waals surface area contributed by atoms with Crippen molar-refractivity contribution in [2.75, 3.05) is 0 Å². The fourth-order valence-corrected chi connectivity index (χ4v) is 2.73. The molecule has 102 valence electrons. The van der Waals surface area contributed by atoms with Crippen LogP contribution >= 0.6 is 0 Å². The maximum atomic E-state index is 2.28. The number of benzene rings is 3. The maximum absolute atomic E-state index is 2.28. The van der Waals surface area contributed by atoms with E-state index in [0.29, 0.717) is 0 Å². The molecule has 1 heterocycles. The molecule has 0 saturated heterocycles. The lowest BCUT2D eigenvalue weighted by Gasteiger charge is -2.04. The van der Waals surface area contributed by atoms with Crippen LogP contribution in [0.25, 0.3) is 27.2 Å². The van der Waals surface area contributed by atoms with Crippen molar-refractivity contribution in [1.82, 2.24) is 0 Å². The minimum absolute atomic E-state index is 0. The summed E-state index contributed by atoms with van der Waals surface area (Å²) >= 11 is 0. The zero-order valence-corrected chi connectivity index (χ0v) is 12.2. The molecule has 3 aromatic carbocycles. The van der Waals surface area contributed by atoms with E-state index >= 15 is 0 Å². The molecule has 4 rings (SSSR count). The smallest absolute Gasteiger partial charge is 0.218 e. The Bertz CT molecular complexity index is 901. The highest BCUT2D eigenvalue weighted by Gasteiger charge is 2.10. The molecule has 0 aliphatic carbocycles. The summed E-state index contributed by atoms with van der Waals surface area (Å²) in [6.07, 6.45) is 4.17. The summed E-state index contributed by atoms with van der Waals surface area (Å²) in [7, 11) is 0. The zero-order valence-electron chi connectivity index (χ0n) is 11.4. The van der Waals surface area contributed by atoms with Gasteiger partial charge in [-0.05, 0) is 28.3 Å². The number of halogens is 1. The van der Waals surface area contributed by atoms with Crippen molar-refractivity contribution >= 4 is 21.5 Å². The first-order valence-corrected chi connectivity index (χ1v) is 6.80. The Kier molecular flexibility index (Phi) is 3.59. The molecule has 0 aliphatic heterocycles. The van der Waals surface area contributed by atoms with E-state index in [9.17, 15) is 0 Å². The van der Waals surface area contributed by atoms with E-state index in [4.69, 9.17) is 0 Å². The minimum atomic E-state index is 0. The topological polar surface area (TPSA) is 3.88 Å². The first-order chi connectivity index (χ1) is 9.92. The van der Waals surface area contributed by atoms with Crippen LogP contribution in [-0.2, 0) is 0 Å². The highest BCUT2D eigenvalue weighted by atomic mass is 35.5. The Labute approximate surface area is 129 Å². The van der Waals surface area contributed by atoms with Crippen LogP contribution in [0.3, 0.4) is 0 Å². The average molecular weight is 292 g/mol. The van der Waals surface area contributed by atoms with Gasteiger partial charge < -0.3 is 12.4 Å². The van der Waals surface area contributed by atoms with E-state index in [1.807, 2.05) is 6.07 Å². The van der Waals surface area contributed by atoms with Gasteiger partial charge in [-0.15, -0.1) is 0 Å². The fourth-order valence-electron chi connectivity index (χ4n) is 2.73.